The lowest BCUT2D eigenvalue weighted by atomic mass is 10.0. The lowest BCUT2D eigenvalue weighted by Crippen LogP contribution is -2.52. The van der Waals surface area contributed by atoms with Crippen molar-refractivity contribution < 1.29 is 9.59 Å². The molecule has 2 rings (SSSR count). The van der Waals surface area contributed by atoms with Crippen LogP contribution in [0, 0.1) is 6.92 Å². The molecule has 0 fully saturated rings. The van der Waals surface area contributed by atoms with Crippen molar-refractivity contribution in [3.8, 4) is 0 Å². The van der Waals surface area contributed by atoms with Crippen LogP contribution in [0.25, 0.3) is 0 Å². The molecule has 0 unspecified atom stereocenters. The molecule has 0 aliphatic rings. The summed E-state index contributed by atoms with van der Waals surface area (Å²) in [6.07, 6.45) is 0.250. The Morgan fingerprint density at radius 2 is 1.79 bits per heavy atom. The molecular formula is C23H29ClN2O2. The number of nitrogens with one attached hydrogen (secondary N) is 1. The monoisotopic (exact) mass is 400 g/mol. The van der Waals surface area contributed by atoms with Gasteiger partial charge in [0.15, 0.2) is 0 Å². The number of hydrogen-bond donors (Lipinski definition) is 1. The fourth-order valence-electron chi connectivity index (χ4n) is 2.96. The van der Waals surface area contributed by atoms with Gasteiger partial charge >= 0.3 is 0 Å². The summed E-state index contributed by atoms with van der Waals surface area (Å²) in [5, 5.41) is 3.57. The van der Waals surface area contributed by atoms with E-state index in [4.69, 9.17) is 11.6 Å². The first-order chi connectivity index (χ1) is 13.1. The minimum absolute atomic E-state index is 0.0918. The predicted molar refractivity (Wildman–Crippen MR) is 114 cm³/mol. The van der Waals surface area contributed by atoms with Gasteiger partial charge in [-0.25, -0.2) is 0 Å². The third-order valence-corrected chi connectivity index (χ3v) is 4.75. The van der Waals surface area contributed by atoms with Gasteiger partial charge in [0.1, 0.15) is 6.04 Å². The standard InChI is InChI=1S/C23H29ClN2O2/c1-16-9-6-7-11-19(16)14-21(27)26(15-18-10-8-12-20(24)13-18)17(2)22(28)25-23(3,4)5/h6-13,17H,14-15H2,1-5H3,(H,25,28)/t17-/m1/s1. The van der Waals surface area contributed by atoms with Gasteiger partial charge in [-0.15, -0.1) is 0 Å². The summed E-state index contributed by atoms with van der Waals surface area (Å²) in [6.45, 7) is 9.85. The highest BCUT2D eigenvalue weighted by Gasteiger charge is 2.28. The van der Waals surface area contributed by atoms with Gasteiger partial charge in [-0.1, -0.05) is 48.0 Å². The lowest BCUT2D eigenvalue weighted by molar-refractivity contribution is -0.140. The molecule has 0 aliphatic carbocycles. The highest BCUT2D eigenvalue weighted by molar-refractivity contribution is 6.30. The van der Waals surface area contributed by atoms with E-state index in [1.54, 1.807) is 17.9 Å². The van der Waals surface area contributed by atoms with Crippen LogP contribution in [0.5, 0.6) is 0 Å². The molecule has 0 heterocycles. The molecule has 1 atom stereocenters. The van der Waals surface area contributed by atoms with Crippen molar-refractivity contribution in [3.05, 3.63) is 70.2 Å². The van der Waals surface area contributed by atoms with E-state index in [1.165, 1.54) is 0 Å². The number of rotatable bonds is 6. The first kappa shape index (κ1) is 22.0. The van der Waals surface area contributed by atoms with Gasteiger partial charge < -0.3 is 10.2 Å². The predicted octanol–water partition coefficient (Wildman–Crippen LogP) is 4.52. The molecule has 150 valence electrons. The summed E-state index contributed by atoms with van der Waals surface area (Å²) in [5.41, 5.74) is 2.55. The van der Waals surface area contributed by atoms with Crippen LogP contribution in [0.4, 0.5) is 0 Å². The van der Waals surface area contributed by atoms with Crippen molar-refractivity contribution in [1.29, 1.82) is 0 Å². The van der Waals surface area contributed by atoms with Gasteiger partial charge in [0.2, 0.25) is 11.8 Å². The van der Waals surface area contributed by atoms with E-state index in [0.29, 0.717) is 11.6 Å². The van der Waals surface area contributed by atoms with E-state index in [9.17, 15) is 9.59 Å². The Bertz CT molecular complexity index is 842. The Kier molecular flexibility index (Phi) is 7.25. The topological polar surface area (TPSA) is 49.4 Å². The molecule has 0 spiro atoms. The molecule has 1 N–H and O–H groups in total. The van der Waals surface area contributed by atoms with Crippen LogP contribution in [0.2, 0.25) is 5.02 Å². The maximum Gasteiger partial charge on any atom is 0.242 e. The second kappa shape index (κ2) is 9.24. The Balaban J connectivity index is 2.27. The van der Waals surface area contributed by atoms with Gasteiger partial charge in [-0.3, -0.25) is 9.59 Å². The highest BCUT2D eigenvalue weighted by atomic mass is 35.5. The smallest absolute Gasteiger partial charge is 0.242 e. The van der Waals surface area contributed by atoms with E-state index < -0.39 is 6.04 Å². The third kappa shape index (κ3) is 6.38. The summed E-state index contributed by atoms with van der Waals surface area (Å²) in [5.74, 6) is -0.265. The minimum Gasteiger partial charge on any atom is -0.350 e. The van der Waals surface area contributed by atoms with Gasteiger partial charge in [0.05, 0.1) is 6.42 Å². The SMILES string of the molecule is Cc1ccccc1CC(=O)N(Cc1cccc(Cl)c1)[C@H](C)C(=O)NC(C)(C)C. The maximum atomic E-state index is 13.2. The van der Waals surface area contributed by atoms with Crippen molar-refractivity contribution in [2.45, 2.75) is 59.2 Å². The molecule has 2 aromatic rings. The van der Waals surface area contributed by atoms with Crippen LogP contribution in [0.3, 0.4) is 0 Å². The Morgan fingerprint density at radius 3 is 2.39 bits per heavy atom. The molecule has 0 bridgehead atoms. The quantitative estimate of drug-likeness (QED) is 0.774. The van der Waals surface area contributed by atoms with Gasteiger partial charge in [0.25, 0.3) is 0 Å². The van der Waals surface area contributed by atoms with Crippen LogP contribution < -0.4 is 5.32 Å². The number of hydrogen-bond acceptors (Lipinski definition) is 2. The van der Waals surface area contributed by atoms with Gasteiger partial charge in [-0.2, -0.15) is 0 Å². The van der Waals surface area contributed by atoms with E-state index >= 15 is 0 Å². The Morgan fingerprint density at radius 1 is 1.11 bits per heavy atom. The second-order valence-corrected chi connectivity index (χ2v) is 8.61. The van der Waals surface area contributed by atoms with Crippen LogP contribution in [-0.2, 0) is 22.6 Å². The fraction of sp³-hybridized carbons (Fsp3) is 0.391. The van der Waals surface area contributed by atoms with Crippen LogP contribution in [-0.4, -0.2) is 28.3 Å². The minimum atomic E-state index is -0.602. The second-order valence-electron chi connectivity index (χ2n) is 8.17. The summed E-state index contributed by atoms with van der Waals surface area (Å²) < 4.78 is 0. The number of carbonyl (C=O) groups is 2. The number of carbonyl (C=O) groups excluding carboxylic acids is 2. The average molecular weight is 401 g/mol. The molecule has 28 heavy (non-hydrogen) atoms. The number of halogens is 1. The fourth-order valence-corrected chi connectivity index (χ4v) is 3.17. The number of aryl methyl sites for hydroxylation is 1. The summed E-state index contributed by atoms with van der Waals surface area (Å²) in [6, 6.07) is 14.6. The van der Waals surface area contributed by atoms with E-state index in [1.807, 2.05) is 70.2 Å². The molecule has 0 saturated carbocycles. The largest absolute Gasteiger partial charge is 0.350 e. The van der Waals surface area contributed by atoms with Crippen LogP contribution in [0.1, 0.15) is 44.4 Å². The average Bonchev–Trinajstić information content (AvgIpc) is 2.59. The Hall–Kier alpha value is -2.33. The third-order valence-electron chi connectivity index (χ3n) is 4.51. The zero-order valence-electron chi connectivity index (χ0n) is 17.3. The van der Waals surface area contributed by atoms with E-state index in [-0.39, 0.29) is 23.8 Å². The van der Waals surface area contributed by atoms with Gasteiger partial charge in [0, 0.05) is 17.1 Å². The summed E-state index contributed by atoms with van der Waals surface area (Å²) in [7, 11) is 0. The zero-order chi connectivity index (χ0) is 20.9. The molecule has 2 amide bonds. The molecule has 0 aromatic heterocycles. The van der Waals surface area contributed by atoms with Crippen LogP contribution >= 0.6 is 11.6 Å². The van der Waals surface area contributed by atoms with Gasteiger partial charge in [-0.05, 0) is 63.4 Å². The lowest BCUT2D eigenvalue weighted by Gasteiger charge is -2.31. The number of amides is 2. The Labute approximate surface area is 172 Å². The molecular weight excluding hydrogens is 372 g/mol. The van der Waals surface area contributed by atoms with Crippen LogP contribution in [0.15, 0.2) is 48.5 Å². The van der Waals surface area contributed by atoms with Crippen molar-refractivity contribution in [1.82, 2.24) is 10.2 Å². The van der Waals surface area contributed by atoms with E-state index in [2.05, 4.69) is 5.32 Å². The molecule has 0 aliphatic heterocycles. The van der Waals surface area contributed by atoms with Crippen molar-refractivity contribution in [2.75, 3.05) is 0 Å². The van der Waals surface area contributed by atoms with Crippen molar-refractivity contribution in [2.24, 2.45) is 0 Å². The highest BCUT2D eigenvalue weighted by Crippen LogP contribution is 2.17. The molecule has 0 radical (unpaired) electrons. The first-order valence-electron chi connectivity index (χ1n) is 9.47. The molecule has 2 aromatic carbocycles. The summed E-state index contributed by atoms with van der Waals surface area (Å²) in [4.78, 5) is 27.6. The van der Waals surface area contributed by atoms with E-state index in [0.717, 1.165) is 16.7 Å². The molecule has 4 nitrogen and oxygen atoms in total. The summed E-state index contributed by atoms with van der Waals surface area (Å²) >= 11 is 6.10. The zero-order valence-corrected chi connectivity index (χ0v) is 18.0. The van der Waals surface area contributed by atoms with Crippen molar-refractivity contribution >= 4 is 23.4 Å². The maximum absolute atomic E-state index is 13.2. The first-order valence-corrected chi connectivity index (χ1v) is 9.85. The van der Waals surface area contributed by atoms with Crippen molar-refractivity contribution in [3.63, 3.8) is 0 Å². The molecule has 0 saturated heterocycles. The normalized spacial score (nSPS) is 12.4. The number of benzene rings is 2. The molecule has 5 heteroatoms. The number of nitrogens with zero attached hydrogens (tertiary/aromatic N) is 1.